The van der Waals surface area contributed by atoms with Crippen LogP contribution >= 0.6 is 12.2 Å². The zero-order valence-corrected chi connectivity index (χ0v) is 15.5. The van der Waals surface area contributed by atoms with Crippen LogP contribution in [0.15, 0.2) is 36.4 Å². The summed E-state index contributed by atoms with van der Waals surface area (Å²) in [5.74, 6) is 0.538. The Bertz CT molecular complexity index is 709. The fraction of sp³-hybridized carbons (Fsp3) is 0.421. The molecule has 2 aromatic rings. The van der Waals surface area contributed by atoms with E-state index in [1.807, 2.05) is 26.0 Å². The highest BCUT2D eigenvalue weighted by molar-refractivity contribution is 7.80. The minimum atomic E-state index is 0.0363. The number of rotatable bonds is 4. The molecule has 0 bridgehead atoms. The van der Waals surface area contributed by atoms with E-state index in [1.54, 1.807) is 0 Å². The zero-order chi connectivity index (χ0) is 17.7. The van der Waals surface area contributed by atoms with Gasteiger partial charge in [-0.05, 0) is 50.5 Å². The van der Waals surface area contributed by atoms with E-state index >= 15 is 0 Å². The molecule has 1 aliphatic heterocycles. The topological polar surface area (TPSA) is 59.1 Å². The molecule has 0 spiro atoms. The Morgan fingerprint density at radius 3 is 2.40 bits per heavy atom. The number of ether oxygens (including phenoxy) is 1. The summed E-state index contributed by atoms with van der Waals surface area (Å²) >= 11 is 5.46. The van der Waals surface area contributed by atoms with Crippen LogP contribution in [0.4, 0.5) is 5.95 Å². The number of hydrogen-bond acceptors (Lipinski definition) is 4. The highest BCUT2D eigenvalue weighted by Crippen LogP contribution is 2.34. The number of nitrogens with zero attached hydrogens (tertiary/aromatic N) is 2. The summed E-state index contributed by atoms with van der Waals surface area (Å²) in [5, 5.41) is 7.01. The van der Waals surface area contributed by atoms with Crippen molar-refractivity contribution >= 4 is 23.3 Å². The lowest BCUT2D eigenvalue weighted by Gasteiger charge is -2.38. The molecule has 0 atom stereocenters. The van der Waals surface area contributed by atoms with Crippen LogP contribution in [-0.2, 0) is 10.2 Å². The Morgan fingerprint density at radius 2 is 1.76 bits per heavy atom. The summed E-state index contributed by atoms with van der Waals surface area (Å²) < 4.78 is 5.58. The SMILES string of the molecule is Cc1cc(C)nc(NC(=S)NCC2(c3ccccc3)CCOCC2)n1. The van der Waals surface area contributed by atoms with E-state index in [0.29, 0.717) is 11.1 Å². The molecule has 132 valence electrons. The standard InChI is InChI=1S/C19H24N4OS/c1-14-12-15(2)22-17(21-14)23-18(25)20-13-19(8-10-24-11-9-19)16-6-4-3-5-7-16/h3-7,12H,8-11,13H2,1-2H3,(H2,20,21,22,23,25). The summed E-state index contributed by atoms with van der Waals surface area (Å²) in [7, 11) is 0. The van der Waals surface area contributed by atoms with Crippen molar-refractivity contribution in [3.05, 3.63) is 53.3 Å². The van der Waals surface area contributed by atoms with Crippen molar-refractivity contribution in [2.75, 3.05) is 25.1 Å². The third-order valence-electron chi connectivity index (χ3n) is 4.63. The number of thiocarbonyl (C=S) groups is 1. The Balaban J connectivity index is 1.68. The molecule has 2 heterocycles. The molecular weight excluding hydrogens is 332 g/mol. The lowest BCUT2D eigenvalue weighted by atomic mass is 9.74. The van der Waals surface area contributed by atoms with Crippen molar-refractivity contribution in [3.63, 3.8) is 0 Å². The Labute approximate surface area is 154 Å². The molecular formula is C19H24N4OS. The van der Waals surface area contributed by atoms with Crippen LogP contribution in [0.25, 0.3) is 0 Å². The molecule has 0 unspecified atom stereocenters. The van der Waals surface area contributed by atoms with Gasteiger partial charge in [-0.15, -0.1) is 0 Å². The maximum absolute atomic E-state index is 5.58. The van der Waals surface area contributed by atoms with Gasteiger partial charge < -0.3 is 15.4 Å². The fourth-order valence-electron chi connectivity index (χ4n) is 3.30. The Morgan fingerprint density at radius 1 is 1.12 bits per heavy atom. The van der Waals surface area contributed by atoms with Crippen molar-refractivity contribution in [2.24, 2.45) is 0 Å². The Hall–Kier alpha value is -2.05. The number of nitrogens with one attached hydrogen (secondary N) is 2. The molecule has 0 radical (unpaired) electrons. The average molecular weight is 356 g/mol. The normalized spacial score (nSPS) is 16.2. The molecule has 1 fully saturated rings. The second-order valence-corrected chi connectivity index (χ2v) is 6.95. The summed E-state index contributed by atoms with van der Waals surface area (Å²) in [4.78, 5) is 8.75. The number of anilines is 1. The van der Waals surface area contributed by atoms with Gasteiger partial charge in [0.25, 0.3) is 0 Å². The molecule has 2 N–H and O–H groups in total. The first-order valence-corrected chi connectivity index (χ1v) is 8.99. The van der Waals surface area contributed by atoms with Gasteiger partial charge in [-0.2, -0.15) is 0 Å². The molecule has 1 saturated heterocycles. The van der Waals surface area contributed by atoms with E-state index in [0.717, 1.165) is 44.0 Å². The number of benzene rings is 1. The fourth-order valence-corrected chi connectivity index (χ4v) is 3.46. The van der Waals surface area contributed by atoms with Crippen LogP contribution in [0.2, 0.25) is 0 Å². The zero-order valence-electron chi connectivity index (χ0n) is 14.7. The van der Waals surface area contributed by atoms with Crippen LogP contribution in [0.1, 0.15) is 29.8 Å². The van der Waals surface area contributed by atoms with E-state index in [9.17, 15) is 0 Å². The van der Waals surface area contributed by atoms with Crippen LogP contribution in [-0.4, -0.2) is 34.8 Å². The first-order valence-electron chi connectivity index (χ1n) is 8.58. The molecule has 6 heteroatoms. The third-order valence-corrected chi connectivity index (χ3v) is 4.88. The van der Waals surface area contributed by atoms with E-state index in [1.165, 1.54) is 5.56 Å². The van der Waals surface area contributed by atoms with E-state index in [-0.39, 0.29) is 5.41 Å². The Kier molecular flexibility index (Phi) is 5.60. The molecule has 1 aliphatic rings. The van der Waals surface area contributed by atoms with Crippen molar-refractivity contribution in [1.29, 1.82) is 0 Å². The smallest absolute Gasteiger partial charge is 0.229 e. The summed E-state index contributed by atoms with van der Waals surface area (Å²) in [6.07, 6.45) is 1.96. The van der Waals surface area contributed by atoms with Gasteiger partial charge in [-0.25, -0.2) is 9.97 Å². The van der Waals surface area contributed by atoms with E-state index in [4.69, 9.17) is 17.0 Å². The first kappa shape index (κ1) is 17.8. The van der Waals surface area contributed by atoms with Crippen LogP contribution in [0, 0.1) is 13.8 Å². The van der Waals surface area contributed by atoms with Crippen LogP contribution < -0.4 is 10.6 Å². The minimum Gasteiger partial charge on any atom is -0.381 e. The van der Waals surface area contributed by atoms with Gasteiger partial charge in [-0.1, -0.05) is 30.3 Å². The predicted octanol–water partition coefficient (Wildman–Crippen LogP) is 3.13. The molecule has 0 amide bonds. The van der Waals surface area contributed by atoms with Crippen molar-refractivity contribution in [3.8, 4) is 0 Å². The maximum atomic E-state index is 5.58. The molecule has 25 heavy (non-hydrogen) atoms. The summed E-state index contributed by atoms with van der Waals surface area (Å²) in [6, 6.07) is 12.5. The quantitative estimate of drug-likeness (QED) is 0.821. The first-order chi connectivity index (χ1) is 12.1. The lowest BCUT2D eigenvalue weighted by molar-refractivity contribution is 0.0515. The number of hydrogen-bond donors (Lipinski definition) is 2. The molecule has 1 aromatic carbocycles. The van der Waals surface area contributed by atoms with Gasteiger partial charge in [0.2, 0.25) is 5.95 Å². The van der Waals surface area contributed by atoms with Crippen molar-refractivity contribution in [2.45, 2.75) is 32.1 Å². The number of aryl methyl sites for hydroxylation is 2. The largest absolute Gasteiger partial charge is 0.381 e. The number of aromatic nitrogens is 2. The molecule has 5 nitrogen and oxygen atoms in total. The van der Waals surface area contributed by atoms with Crippen LogP contribution in [0.3, 0.4) is 0 Å². The van der Waals surface area contributed by atoms with Gasteiger partial charge >= 0.3 is 0 Å². The molecule has 0 saturated carbocycles. The highest BCUT2D eigenvalue weighted by atomic mass is 32.1. The second kappa shape index (κ2) is 7.89. The molecule has 3 rings (SSSR count). The molecule has 0 aliphatic carbocycles. The van der Waals surface area contributed by atoms with Gasteiger partial charge in [0.1, 0.15) is 0 Å². The monoisotopic (exact) mass is 356 g/mol. The minimum absolute atomic E-state index is 0.0363. The average Bonchev–Trinajstić information content (AvgIpc) is 2.61. The lowest BCUT2D eigenvalue weighted by Crippen LogP contribution is -2.45. The van der Waals surface area contributed by atoms with E-state index in [2.05, 4.69) is 44.9 Å². The summed E-state index contributed by atoms with van der Waals surface area (Å²) in [6.45, 7) is 6.20. The highest BCUT2D eigenvalue weighted by Gasteiger charge is 2.34. The van der Waals surface area contributed by atoms with Gasteiger partial charge in [-0.3, -0.25) is 0 Å². The van der Waals surface area contributed by atoms with Crippen molar-refractivity contribution in [1.82, 2.24) is 15.3 Å². The summed E-state index contributed by atoms with van der Waals surface area (Å²) in [5.41, 5.74) is 3.21. The van der Waals surface area contributed by atoms with Gasteiger partial charge in [0.05, 0.1) is 0 Å². The second-order valence-electron chi connectivity index (χ2n) is 6.54. The molecule has 1 aromatic heterocycles. The maximum Gasteiger partial charge on any atom is 0.229 e. The van der Waals surface area contributed by atoms with Gasteiger partial charge in [0.15, 0.2) is 5.11 Å². The van der Waals surface area contributed by atoms with Gasteiger partial charge in [0, 0.05) is 36.6 Å². The van der Waals surface area contributed by atoms with Crippen LogP contribution in [0.5, 0.6) is 0 Å². The third kappa shape index (κ3) is 4.52. The van der Waals surface area contributed by atoms with Crippen molar-refractivity contribution < 1.29 is 4.74 Å². The van der Waals surface area contributed by atoms with E-state index < -0.39 is 0 Å². The predicted molar refractivity (Wildman–Crippen MR) is 104 cm³/mol.